The lowest BCUT2D eigenvalue weighted by Crippen LogP contribution is -2.15. The van der Waals surface area contributed by atoms with Crippen LogP contribution in [0.4, 0.5) is 5.00 Å². The van der Waals surface area contributed by atoms with Gasteiger partial charge in [0, 0.05) is 17.8 Å². The molecule has 0 atom stereocenters. The maximum absolute atomic E-state index is 12.6. The molecule has 0 aliphatic heterocycles. The second-order valence-electron chi connectivity index (χ2n) is 7.53. The number of carbonyl (C=O) groups excluding carboxylic acids is 1. The van der Waals surface area contributed by atoms with E-state index < -0.39 is 0 Å². The molecule has 0 saturated carbocycles. The number of hydrogen-bond donors (Lipinski definition) is 1. The minimum Gasteiger partial charge on any atom is -0.497 e. The first kappa shape index (κ1) is 22.4. The zero-order valence-corrected chi connectivity index (χ0v) is 19.8. The number of thiophene rings is 1. The summed E-state index contributed by atoms with van der Waals surface area (Å²) in [5.74, 6) is 1.76. The van der Waals surface area contributed by atoms with E-state index in [0.29, 0.717) is 17.0 Å². The fourth-order valence-corrected chi connectivity index (χ4v) is 5.94. The Labute approximate surface area is 195 Å². The summed E-state index contributed by atoms with van der Waals surface area (Å²) in [5, 5.41) is 22.6. The summed E-state index contributed by atoms with van der Waals surface area (Å²) >= 11 is 2.91. The molecule has 4 rings (SSSR count). The van der Waals surface area contributed by atoms with E-state index in [-0.39, 0.29) is 11.7 Å². The average molecular weight is 468 g/mol. The molecular formula is C23H25N5O2S2. The number of amides is 1. The lowest BCUT2D eigenvalue weighted by atomic mass is 9.96. The first-order chi connectivity index (χ1) is 15.6. The zero-order chi connectivity index (χ0) is 22.5. The fraction of sp³-hybridized carbons (Fsp3) is 0.391. The minimum absolute atomic E-state index is 0.132. The lowest BCUT2D eigenvalue weighted by molar-refractivity contribution is -0.113. The Hall–Kier alpha value is -2.83. The van der Waals surface area contributed by atoms with Gasteiger partial charge in [0.15, 0.2) is 5.16 Å². The molecule has 3 aromatic rings. The molecule has 1 aromatic carbocycles. The van der Waals surface area contributed by atoms with Gasteiger partial charge in [-0.2, -0.15) is 5.26 Å². The highest BCUT2D eigenvalue weighted by atomic mass is 32.2. The molecule has 9 heteroatoms. The van der Waals surface area contributed by atoms with Crippen molar-refractivity contribution in [3.8, 4) is 11.8 Å². The third-order valence-corrected chi connectivity index (χ3v) is 7.67. The van der Waals surface area contributed by atoms with Crippen LogP contribution in [0.15, 0.2) is 29.4 Å². The van der Waals surface area contributed by atoms with Crippen molar-refractivity contribution in [3.63, 3.8) is 0 Å². The Kier molecular flexibility index (Phi) is 7.12. The van der Waals surface area contributed by atoms with E-state index in [1.165, 1.54) is 16.6 Å². The number of carbonyl (C=O) groups is 1. The van der Waals surface area contributed by atoms with Gasteiger partial charge in [0.1, 0.15) is 22.6 Å². The highest BCUT2D eigenvalue weighted by Gasteiger charge is 2.22. The molecule has 0 bridgehead atoms. The Bertz CT molecular complexity index is 1140. The van der Waals surface area contributed by atoms with Gasteiger partial charge in [0.2, 0.25) is 5.91 Å². The Balaban J connectivity index is 1.40. The van der Waals surface area contributed by atoms with E-state index in [0.717, 1.165) is 60.1 Å². The van der Waals surface area contributed by atoms with Crippen LogP contribution in [0.5, 0.6) is 5.75 Å². The van der Waals surface area contributed by atoms with Gasteiger partial charge in [-0.05, 0) is 55.9 Å². The number of aryl methyl sites for hydroxylation is 1. The van der Waals surface area contributed by atoms with Crippen molar-refractivity contribution in [1.29, 1.82) is 5.26 Å². The summed E-state index contributed by atoms with van der Waals surface area (Å²) < 4.78 is 7.25. The Morgan fingerprint density at radius 3 is 2.78 bits per heavy atom. The molecule has 0 unspecified atom stereocenters. The summed E-state index contributed by atoms with van der Waals surface area (Å²) in [4.78, 5) is 13.9. The predicted molar refractivity (Wildman–Crippen MR) is 127 cm³/mol. The normalized spacial score (nSPS) is 12.8. The Morgan fingerprint density at radius 1 is 1.28 bits per heavy atom. The number of thioether (sulfide) groups is 1. The summed E-state index contributed by atoms with van der Waals surface area (Å²) in [5.41, 5.74) is 2.88. The summed E-state index contributed by atoms with van der Waals surface area (Å²) in [6, 6.07) is 10.2. The van der Waals surface area contributed by atoms with E-state index in [9.17, 15) is 10.1 Å². The molecule has 7 nitrogen and oxygen atoms in total. The fourth-order valence-electron chi connectivity index (χ4n) is 3.87. The Morgan fingerprint density at radius 2 is 2.06 bits per heavy atom. The lowest BCUT2D eigenvalue weighted by Gasteiger charge is -2.09. The second kappa shape index (κ2) is 10.2. The van der Waals surface area contributed by atoms with Gasteiger partial charge >= 0.3 is 0 Å². The van der Waals surface area contributed by atoms with Crippen molar-refractivity contribution in [2.45, 2.75) is 50.7 Å². The number of nitrogens with zero attached hydrogens (tertiary/aromatic N) is 4. The van der Waals surface area contributed by atoms with E-state index in [1.54, 1.807) is 18.4 Å². The SMILES string of the molecule is CCn1c(Cc2ccc(OC)cc2)nnc1SCC(=O)Nc1sc2c(c1C#N)CCCC2. The monoisotopic (exact) mass is 467 g/mol. The van der Waals surface area contributed by atoms with Crippen molar-refractivity contribution in [2.75, 3.05) is 18.2 Å². The highest BCUT2D eigenvalue weighted by molar-refractivity contribution is 7.99. The molecule has 1 aliphatic carbocycles. The molecule has 0 saturated heterocycles. The number of nitriles is 1. The van der Waals surface area contributed by atoms with Crippen molar-refractivity contribution >= 4 is 34.0 Å². The van der Waals surface area contributed by atoms with Crippen LogP contribution in [0.1, 0.15) is 47.2 Å². The first-order valence-corrected chi connectivity index (χ1v) is 12.5. The van der Waals surface area contributed by atoms with Crippen molar-refractivity contribution in [3.05, 3.63) is 51.7 Å². The van der Waals surface area contributed by atoms with Gasteiger partial charge in [0.05, 0.1) is 18.4 Å². The molecule has 0 fully saturated rings. The third kappa shape index (κ3) is 4.81. The van der Waals surface area contributed by atoms with Crippen LogP contribution in [-0.2, 0) is 30.6 Å². The smallest absolute Gasteiger partial charge is 0.235 e. The van der Waals surface area contributed by atoms with Crippen LogP contribution in [0, 0.1) is 11.3 Å². The van der Waals surface area contributed by atoms with E-state index in [1.807, 2.05) is 35.8 Å². The summed E-state index contributed by atoms with van der Waals surface area (Å²) in [6.45, 7) is 2.76. The number of nitrogens with one attached hydrogen (secondary N) is 1. The second-order valence-corrected chi connectivity index (χ2v) is 9.58. The number of anilines is 1. The van der Waals surface area contributed by atoms with Gasteiger partial charge < -0.3 is 14.6 Å². The maximum atomic E-state index is 12.6. The minimum atomic E-state index is -0.132. The van der Waals surface area contributed by atoms with Gasteiger partial charge in [-0.1, -0.05) is 23.9 Å². The largest absolute Gasteiger partial charge is 0.497 e. The van der Waals surface area contributed by atoms with Crippen LogP contribution in [0.3, 0.4) is 0 Å². The van der Waals surface area contributed by atoms with Crippen LogP contribution < -0.4 is 10.1 Å². The van der Waals surface area contributed by atoms with Crippen LogP contribution in [0.25, 0.3) is 0 Å². The van der Waals surface area contributed by atoms with Gasteiger partial charge in [0.25, 0.3) is 0 Å². The van der Waals surface area contributed by atoms with E-state index >= 15 is 0 Å². The molecule has 1 aliphatic rings. The number of hydrogen-bond acceptors (Lipinski definition) is 7. The summed E-state index contributed by atoms with van der Waals surface area (Å²) in [6.07, 6.45) is 4.83. The molecule has 1 amide bonds. The van der Waals surface area contributed by atoms with Gasteiger partial charge in [-0.3, -0.25) is 4.79 Å². The number of aromatic nitrogens is 3. The first-order valence-electron chi connectivity index (χ1n) is 10.6. The van der Waals surface area contributed by atoms with E-state index in [2.05, 4.69) is 21.6 Å². The third-order valence-electron chi connectivity index (χ3n) is 5.50. The molecule has 1 N–H and O–H groups in total. The molecule has 32 heavy (non-hydrogen) atoms. The number of rotatable bonds is 8. The van der Waals surface area contributed by atoms with Crippen molar-refractivity contribution in [1.82, 2.24) is 14.8 Å². The number of ether oxygens (including phenoxy) is 1. The molecule has 2 aromatic heterocycles. The van der Waals surface area contributed by atoms with Crippen molar-refractivity contribution in [2.24, 2.45) is 0 Å². The number of fused-ring (bicyclic) bond motifs is 1. The van der Waals surface area contributed by atoms with Gasteiger partial charge in [-0.15, -0.1) is 21.5 Å². The molecule has 0 radical (unpaired) electrons. The van der Waals surface area contributed by atoms with E-state index in [4.69, 9.17) is 4.74 Å². The molecule has 166 valence electrons. The topological polar surface area (TPSA) is 92.8 Å². The van der Waals surface area contributed by atoms with Crippen LogP contribution in [-0.4, -0.2) is 33.5 Å². The average Bonchev–Trinajstić information content (AvgIpc) is 3.37. The quantitative estimate of drug-likeness (QED) is 0.492. The zero-order valence-electron chi connectivity index (χ0n) is 18.2. The van der Waals surface area contributed by atoms with Gasteiger partial charge in [-0.25, -0.2) is 0 Å². The predicted octanol–water partition coefficient (Wildman–Crippen LogP) is 4.44. The molecule has 2 heterocycles. The number of benzene rings is 1. The van der Waals surface area contributed by atoms with Crippen molar-refractivity contribution < 1.29 is 9.53 Å². The van der Waals surface area contributed by atoms with Crippen LogP contribution in [0.2, 0.25) is 0 Å². The molecule has 0 spiro atoms. The number of methoxy groups -OCH3 is 1. The summed E-state index contributed by atoms with van der Waals surface area (Å²) in [7, 11) is 1.65. The maximum Gasteiger partial charge on any atom is 0.235 e. The molecular weight excluding hydrogens is 442 g/mol. The highest BCUT2D eigenvalue weighted by Crippen LogP contribution is 2.37. The van der Waals surface area contributed by atoms with Crippen LogP contribution >= 0.6 is 23.1 Å². The standard InChI is InChI=1S/C23H25N5O2S2/c1-3-28-20(12-15-8-10-16(30-2)11-9-15)26-27-23(28)31-14-21(29)25-22-18(13-24)17-6-4-5-7-19(17)32-22/h8-11H,3-7,12,14H2,1-2H3,(H,25,29).